The molecule has 152 valence electrons. The Balaban J connectivity index is 1.59. The van der Waals surface area contributed by atoms with Crippen molar-refractivity contribution in [3.63, 3.8) is 0 Å². The number of alkyl halides is 3. The zero-order valence-electron chi connectivity index (χ0n) is 16.1. The summed E-state index contributed by atoms with van der Waals surface area (Å²) in [7, 11) is 0. The minimum Gasteiger partial charge on any atom is -0.344 e. The van der Waals surface area contributed by atoms with Gasteiger partial charge in [0.2, 0.25) is 11.8 Å². The van der Waals surface area contributed by atoms with Gasteiger partial charge in [0, 0.05) is 0 Å². The van der Waals surface area contributed by atoms with Gasteiger partial charge >= 0.3 is 6.18 Å². The standard InChI is InChI=1S/C22H21F3N2O2/c1-11-3-5-13-16(9-11)17-10-12(2)4-6-14(17)19(13)27-21(29)15-7-8-18(22(23,24)25)26-20(15)28/h3-6,9-10,15,18-19H,7-8H2,1-2H3,(H,26,28)(H,27,29). The second kappa shape index (κ2) is 6.90. The van der Waals surface area contributed by atoms with E-state index in [1.165, 1.54) is 0 Å². The molecule has 1 saturated heterocycles. The molecule has 0 saturated carbocycles. The van der Waals surface area contributed by atoms with Crippen molar-refractivity contribution in [2.24, 2.45) is 5.92 Å². The van der Waals surface area contributed by atoms with Gasteiger partial charge in [-0.2, -0.15) is 13.2 Å². The van der Waals surface area contributed by atoms with Gasteiger partial charge in [-0.05, 0) is 48.9 Å². The van der Waals surface area contributed by atoms with Crippen molar-refractivity contribution in [3.8, 4) is 11.1 Å². The van der Waals surface area contributed by atoms with Gasteiger partial charge in [-0.1, -0.05) is 47.5 Å². The van der Waals surface area contributed by atoms with Crippen LogP contribution in [-0.2, 0) is 9.59 Å². The Kier molecular flexibility index (Phi) is 4.63. The Morgan fingerprint density at radius 1 is 1.00 bits per heavy atom. The van der Waals surface area contributed by atoms with Gasteiger partial charge in [0.25, 0.3) is 0 Å². The lowest BCUT2D eigenvalue weighted by Crippen LogP contribution is -2.54. The van der Waals surface area contributed by atoms with Crippen LogP contribution in [0.4, 0.5) is 13.2 Å². The third-order valence-electron chi connectivity index (χ3n) is 5.70. The molecule has 2 aromatic rings. The Hall–Kier alpha value is -2.83. The zero-order chi connectivity index (χ0) is 20.9. The number of rotatable bonds is 2. The van der Waals surface area contributed by atoms with Gasteiger partial charge in [0.15, 0.2) is 0 Å². The molecule has 2 aromatic carbocycles. The molecule has 2 amide bonds. The molecule has 29 heavy (non-hydrogen) atoms. The summed E-state index contributed by atoms with van der Waals surface area (Å²) in [6.45, 7) is 3.98. The number of fused-ring (bicyclic) bond motifs is 3. The Morgan fingerprint density at radius 2 is 1.55 bits per heavy atom. The molecule has 1 fully saturated rings. The lowest BCUT2D eigenvalue weighted by atomic mass is 9.92. The Morgan fingerprint density at radius 3 is 2.03 bits per heavy atom. The largest absolute Gasteiger partial charge is 0.408 e. The quantitative estimate of drug-likeness (QED) is 0.748. The number of amides is 2. The number of aryl methyl sites for hydroxylation is 2. The summed E-state index contributed by atoms with van der Waals surface area (Å²) in [5, 5.41) is 4.84. The van der Waals surface area contributed by atoms with Crippen LogP contribution in [0.5, 0.6) is 0 Å². The van der Waals surface area contributed by atoms with Gasteiger partial charge in [-0.25, -0.2) is 0 Å². The molecule has 0 bridgehead atoms. The van der Waals surface area contributed by atoms with Gasteiger partial charge in [-0.15, -0.1) is 0 Å². The molecule has 0 radical (unpaired) electrons. The summed E-state index contributed by atoms with van der Waals surface area (Å²) < 4.78 is 38.6. The fourth-order valence-corrected chi connectivity index (χ4v) is 4.18. The van der Waals surface area contributed by atoms with E-state index in [9.17, 15) is 22.8 Å². The van der Waals surface area contributed by atoms with Gasteiger partial charge in [0.1, 0.15) is 12.0 Å². The molecule has 1 aliphatic heterocycles. The first kappa shape index (κ1) is 19.5. The summed E-state index contributed by atoms with van der Waals surface area (Å²) >= 11 is 0. The minimum absolute atomic E-state index is 0.129. The lowest BCUT2D eigenvalue weighted by molar-refractivity contribution is -0.171. The summed E-state index contributed by atoms with van der Waals surface area (Å²) in [6, 6.07) is 9.61. The number of hydrogen-bond acceptors (Lipinski definition) is 2. The van der Waals surface area contributed by atoms with E-state index >= 15 is 0 Å². The predicted octanol–water partition coefficient (Wildman–Crippen LogP) is 3.95. The van der Waals surface area contributed by atoms with Crippen LogP contribution >= 0.6 is 0 Å². The fourth-order valence-electron chi connectivity index (χ4n) is 4.18. The van der Waals surface area contributed by atoms with Gasteiger partial charge in [-0.3, -0.25) is 9.59 Å². The number of halogens is 3. The maximum absolute atomic E-state index is 12.9. The molecule has 2 atom stereocenters. The van der Waals surface area contributed by atoms with Crippen LogP contribution < -0.4 is 10.6 Å². The third kappa shape index (κ3) is 3.50. The van der Waals surface area contributed by atoms with E-state index in [2.05, 4.69) is 17.4 Å². The topological polar surface area (TPSA) is 58.2 Å². The summed E-state index contributed by atoms with van der Waals surface area (Å²) in [5.74, 6) is -2.55. The molecule has 7 heteroatoms. The molecule has 2 aliphatic rings. The first-order valence-electron chi connectivity index (χ1n) is 9.54. The van der Waals surface area contributed by atoms with Crippen molar-refractivity contribution < 1.29 is 22.8 Å². The highest BCUT2D eigenvalue weighted by Crippen LogP contribution is 2.44. The third-order valence-corrected chi connectivity index (χ3v) is 5.70. The van der Waals surface area contributed by atoms with E-state index in [4.69, 9.17) is 0 Å². The molecule has 0 spiro atoms. The van der Waals surface area contributed by atoms with Crippen LogP contribution in [0.1, 0.15) is 41.1 Å². The van der Waals surface area contributed by atoms with Crippen LogP contribution in [0.3, 0.4) is 0 Å². The van der Waals surface area contributed by atoms with Crippen LogP contribution in [0, 0.1) is 19.8 Å². The second-order valence-electron chi connectivity index (χ2n) is 7.86. The average molecular weight is 402 g/mol. The number of piperidine rings is 1. The van der Waals surface area contributed by atoms with E-state index in [1.807, 2.05) is 43.4 Å². The molecule has 0 aromatic heterocycles. The van der Waals surface area contributed by atoms with Gasteiger partial charge < -0.3 is 10.6 Å². The van der Waals surface area contributed by atoms with Crippen LogP contribution in [0.25, 0.3) is 11.1 Å². The molecule has 1 aliphatic carbocycles. The molecule has 2 N–H and O–H groups in total. The number of carbonyl (C=O) groups is 2. The maximum atomic E-state index is 12.9. The second-order valence-corrected chi connectivity index (χ2v) is 7.86. The molecular weight excluding hydrogens is 381 g/mol. The minimum atomic E-state index is -4.50. The summed E-state index contributed by atoms with van der Waals surface area (Å²) in [4.78, 5) is 25.0. The van der Waals surface area contributed by atoms with Crippen LogP contribution in [-0.4, -0.2) is 24.0 Å². The fraction of sp³-hybridized carbons (Fsp3) is 0.364. The Labute approximate surface area is 166 Å². The predicted molar refractivity (Wildman–Crippen MR) is 102 cm³/mol. The van der Waals surface area contributed by atoms with E-state index in [-0.39, 0.29) is 12.8 Å². The van der Waals surface area contributed by atoms with E-state index in [1.54, 1.807) is 0 Å². The molecule has 4 rings (SSSR count). The molecular formula is C22H21F3N2O2. The van der Waals surface area contributed by atoms with Crippen molar-refractivity contribution in [2.75, 3.05) is 0 Å². The van der Waals surface area contributed by atoms with Crippen molar-refractivity contribution in [1.82, 2.24) is 10.6 Å². The van der Waals surface area contributed by atoms with Crippen LogP contribution in [0.15, 0.2) is 36.4 Å². The van der Waals surface area contributed by atoms with E-state index in [0.717, 1.165) is 33.4 Å². The lowest BCUT2D eigenvalue weighted by Gasteiger charge is -2.30. The highest BCUT2D eigenvalue weighted by Gasteiger charge is 2.46. The maximum Gasteiger partial charge on any atom is 0.408 e. The van der Waals surface area contributed by atoms with Gasteiger partial charge in [0.05, 0.1) is 6.04 Å². The van der Waals surface area contributed by atoms with E-state index in [0.29, 0.717) is 0 Å². The highest BCUT2D eigenvalue weighted by molar-refractivity contribution is 6.01. The molecule has 2 unspecified atom stereocenters. The zero-order valence-corrected chi connectivity index (χ0v) is 16.1. The monoisotopic (exact) mass is 402 g/mol. The van der Waals surface area contributed by atoms with Crippen molar-refractivity contribution >= 4 is 11.8 Å². The smallest absolute Gasteiger partial charge is 0.344 e. The van der Waals surface area contributed by atoms with Crippen molar-refractivity contribution in [1.29, 1.82) is 0 Å². The normalized spacial score (nSPS) is 21.3. The summed E-state index contributed by atoms with van der Waals surface area (Å²) in [6.07, 6.45) is -4.93. The molecule has 4 nitrogen and oxygen atoms in total. The number of nitrogens with one attached hydrogen (secondary N) is 2. The first-order chi connectivity index (χ1) is 13.6. The summed E-state index contributed by atoms with van der Waals surface area (Å²) in [5.41, 5.74) is 6.09. The van der Waals surface area contributed by atoms with Crippen LogP contribution in [0.2, 0.25) is 0 Å². The average Bonchev–Trinajstić information content (AvgIpc) is 2.93. The number of carbonyl (C=O) groups excluding carboxylic acids is 2. The molecule has 1 heterocycles. The SMILES string of the molecule is Cc1ccc2c(c1)-c1cc(C)ccc1C2NC(=O)C1CCC(C(F)(F)F)NC1=O. The van der Waals surface area contributed by atoms with Crippen molar-refractivity contribution in [2.45, 2.75) is 44.9 Å². The number of hydrogen-bond donors (Lipinski definition) is 2. The first-order valence-corrected chi connectivity index (χ1v) is 9.54. The highest BCUT2D eigenvalue weighted by atomic mass is 19.4. The van der Waals surface area contributed by atoms with Crippen molar-refractivity contribution in [3.05, 3.63) is 58.7 Å². The van der Waals surface area contributed by atoms with E-state index < -0.39 is 36.0 Å². The number of benzene rings is 2. The Bertz CT molecular complexity index is 949.